The Bertz CT molecular complexity index is 1220. The van der Waals surface area contributed by atoms with Crippen molar-refractivity contribution in [2.75, 3.05) is 16.8 Å². The second-order valence-corrected chi connectivity index (χ2v) is 8.96. The van der Waals surface area contributed by atoms with Gasteiger partial charge in [-0.15, -0.1) is 10.2 Å². The predicted octanol–water partition coefficient (Wildman–Crippen LogP) is 4.23. The van der Waals surface area contributed by atoms with Gasteiger partial charge in [-0.2, -0.15) is 13.2 Å². The molecule has 178 valence electrons. The second-order valence-electron chi connectivity index (χ2n) is 7.66. The lowest BCUT2D eigenvalue weighted by Gasteiger charge is -2.31. The van der Waals surface area contributed by atoms with E-state index >= 15 is 0 Å². The summed E-state index contributed by atoms with van der Waals surface area (Å²) in [5.74, 6) is -0.336. The van der Waals surface area contributed by atoms with E-state index in [2.05, 4.69) is 20.5 Å². The Labute approximate surface area is 197 Å². The fourth-order valence-corrected chi connectivity index (χ4v) is 4.54. The Morgan fingerprint density at radius 2 is 1.94 bits per heavy atom. The molecule has 0 spiro atoms. The molecular weight excluding hydrogens is 469 g/mol. The Morgan fingerprint density at radius 1 is 1.21 bits per heavy atom. The number of aromatic nitrogens is 4. The fraction of sp³-hybridized carbons (Fsp3) is 0.318. The number of fused-ring (bicyclic) bond motifs is 1. The van der Waals surface area contributed by atoms with E-state index in [0.29, 0.717) is 17.5 Å². The van der Waals surface area contributed by atoms with Crippen molar-refractivity contribution in [2.24, 2.45) is 0 Å². The SMILES string of the molecule is CCCn1c(SC(C)C(=O)N2CC(=O)Nc3cc(C(F)(F)F)ccc32)nnc1-c1ccncc1. The molecule has 1 unspecified atom stereocenters. The van der Waals surface area contributed by atoms with Gasteiger partial charge in [-0.05, 0) is 43.7 Å². The zero-order chi connectivity index (χ0) is 24.5. The van der Waals surface area contributed by atoms with Gasteiger partial charge in [0.2, 0.25) is 11.8 Å². The molecule has 0 bridgehead atoms. The van der Waals surface area contributed by atoms with Crippen molar-refractivity contribution in [2.45, 2.75) is 43.4 Å². The van der Waals surface area contributed by atoms with E-state index in [4.69, 9.17) is 0 Å². The van der Waals surface area contributed by atoms with Gasteiger partial charge in [0.05, 0.1) is 22.2 Å². The number of carbonyl (C=O) groups excluding carboxylic acids is 2. The highest BCUT2D eigenvalue weighted by atomic mass is 32.2. The Balaban J connectivity index is 1.60. The molecule has 1 aromatic carbocycles. The van der Waals surface area contributed by atoms with Crippen LogP contribution in [-0.2, 0) is 22.3 Å². The molecule has 0 aliphatic carbocycles. The largest absolute Gasteiger partial charge is 0.416 e. The number of pyridine rings is 1. The molecule has 12 heteroatoms. The molecule has 1 atom stereocenters. The smallest absolute Gasteiger partial charge is 0.323 e. The number of nitrogens with zero attached hydrogens (tertiary/aromatic N) is 5. The molecule has 1 N–H and O–H groups in total. The van der Waals surface area contributed by atoms with Crippen LogP contribution < -0.4 is 10.2 Å². The molecule has 1 aliphatic heterocycles. The molecule has 0 fully saturated rings. The molecule has 8 nitrogen and oxygen atoms in total. The van der Waals surface area contributed by atoms with Crippen LogP contribution in [0.15, 0.2) is 47.9 Å². The number of rotatable bonds is 6. The number of amides is 2. The Kier molecular flexibility index (Phi) is 6.60. The van der Waals surface area contributed by atoms with Gasteiger partial charge in [0, 0.05) is 24.5 Å². The van der Waals surface area contributed by atoms with Crippen molar-refractivity contribution in [3.63, 3.8) is 0 Å². The lowest BCUT2D eigenvalue weighted by Crippen LogP contribution is -2.45. The maximum atomic E-state index is 13.3. The van der Waals surface area contributed by atoms with E-state index in [1.54, 1.807) is 19.3 Å². The van der Waals surface area contributed by atoms with Gasteiger partial charge in [-0.1, -0.05) is 18.7 Å². The number of carbonyl (C=O) groups is 2. The lowest BCUT2D eigenvalue weighted by atomic mass is 10.1. The van der Waals surface area contributed by atoms with E-state index < -0.39 is 28.8 Å². The van der Waals surface area contributed by atoms with Crippen molar-refractivity contribution in [3.05, 3.63) is 48.3 Å². The van der Waals surface area contributed by atoms with Crippen LogP contribution in [0.1, 0.15) is 25.8 Å². The molecule has 3 aromatic rings. The molecule has 2 amide bonds. The third-order valence-electron chi connectivity index (χ3n) is 5.19. The van der Waals surface area contributed by atoms with Crippen LogP contribution in [0, 0.1) is 0 Å². The van der Waals surface area contributed by atoms with Gasteiger partial charge in [0.1, 0.15) is 6.54 Å². The number of benzene rings is 1. The number of hydrogen-bond donors (Lipinski definition) is 1. The number of alkyl halides is 3. The monoisotopic (exact) mass is 490 g/mol. The van der Waals surface area contributed by atoms with Gasteiger partial charge in [0.15, 0.2) is 11.0 Å². The zero-order valence-electron chi connectivity index (χ0n) is 18.3. The van der Waals surface area contributed by atoms with Crippen LogP contribution in [0.3, 0.4) is 0 Å². The van der Waals surface area contributed by atoms with E-state index in [9.17, 15) is 22.8 Å². The summed E-state index contributed by atoms with van der Waals surface area (Å²) in [4.78, 5) is 30.6. The number of nitrogens with one attached hydrogen (secondary N) is 1. The summed E-state index contributed by atoms with van der Waals surface area (Å²) in [6, 6.07) is 6.57. The molecule has 34 heavy (non-hydrogen) atoms. The first-order valence-corrected chi connectivity index (χ1v) is 11.4. The van der Waals surface area contributed by atoms with Crippen molar-refractivity contribution >= 4 is 35.0 Å². The average Bonchev–Trinajstić information content (AvgIpc) is 3.19. The van der Waals surface area contributed by atoms with Crippen LogP contribution in [0.5, 0.6) is 0 Å². The van der Waals surface area contributed by atoms with Crippen molar-refractivity contribution < 1.29 is 22.8 Å². The van der Waals surface area contributed by atoms with Crippen molar-refractivity contribution in [1.82, 2.24) is 19.7 Å². The quantitative estimate of drug-likeness (QED) is 0.520. The van der Waals surface area contributed by atoms with E-state index in [1.807, 2.05) is 23.6 Å². The van der Waals surface area contributed by atoms with E-state index in [1.165, 1.54) is 22.7 Å². The average molecular weight is 491 g/mol. The van der Waals surface area contributed by atoms with Gasteiger partial charge in [-0.3, -0.25) is 19.5 Å². The van der Waals surface area contributed by atoms with Gasteiger partial charge >= 0.3 is 6.18 Å². The summed E-state index contributed by atoms with van der Waals surface area (Å²) < 4.78 is 41.2. The maximum Gasteiger partial charge on any atom is 0.416 e. The molecule has 1 aliphatic rings. The lowest BCUT2D eigenvalue weighted by molar-refractivity contribution is -0.137. The van der Waals surface area contributed by atoms with Crippen LogP contribution >= 0.6 is 11.8 Å². The number of anilines is 2. The molecule has 4 rings (SSSR count). The topological polar surface area (TPSA) is 93.0 Å². The highest BCUT2D eigenvalue weighted by molar-refractivity contribution is 8.00. The third kappa shape index (κ3) is 4.76. The first-order chi connectivity index (χ1) is 16.2. The minimum absolute atomic E-state index is 0.0502. The zero-order valence-corrected chi connectivity index (χ0v) is 19.2. The number of hydrogen-bond acceptors (Lipinski definition) is 6. The number of halogens is 3. The standard InChI is InChI=1S/C22H21F3N6O2S/c1-3-10-30-19(14-6-8-26-9-7-14)28-29-21(30)34-13(2)20(33)31-12-18(32)27-16-11-15(22(23,24)25)4-5-17(16)31/h4-9,11,13H,3,10,12H2,1-2H3,(H,27,32). The van der Waals surface area contributed by atoms with Gasteiger partial charge < -0.3 is 9.88 Å². The van der Waals surface area contributed by atoms with Gasteiger partial charge in [0.25, 0.3) is 0 Å². The van der Waals surface area contributed by atoms with Crippen LogP contribution in [0.25, 0.3) is 11.4 Å². The van der Waals surface area contributed by atoms with E-state index in [-0.39, 0.29) is 17.9 Å². The third-order valence-corrected chi connectivity index (χ3v) is 6.26. The predicted molar refractivity (Wildman–Crippen MR) is 121 cm³/mol. The summed E-state index contributed by atoms with van der Waals surface area (Å²) in [6.07, 6.45) is -0.442. The summed E-state index contributed by atoms with van der Waals surface area (Å²) in [7, 11) is 0. The normalized spacial score (nSPS) is 14.5. The Morgan fingerprint density at radius 3 is 2.62 bits per heavy atom. The summed E-state index contributed by atoms with van der Waals surface area (Å²) in [5.41, 5.74) is 0.103. The highest BCUT2D eigenvalue weighted by Crippen LogP contribution is 2.38. The molecule has 2 aromatic heterocycles. The van der Waals surface area contributed by atoms with Crippen molar-refractivity contribution in [1.29, 1.82) is 0 Å². The molecule has 0 radical (unpaired) electrons. The molecule has 0 saturated carbocycles. The Hall–Kier alpha value is -3.41. The summed E-state index contributed by atoms with van der Waals surface area (Å²) >= 11 is 1.18. The number of thioether (sulfide) groups is 1. The summed E-state index contributed by atoms with van der Waals surface area (Å²) in [5, 5.41) is 10.8. The van der Waals surface area contributed by atoms with Crippen LogP contribution in [0.4, 0.5) is 24.5 Å². The molecule has 0 saturated heterocycles. The highest BCUT2D eigenvalue weighted by Gasteiger charge is 2.35. The second kappa shape index (κ2) is 9.45. The first kappa shape index (κ1) is 23.7. The summed E-state index contributed by atoms with van der Waals surface area (Å²) in [6.45, 7) is 4.02. The van der Waals surface area contributed by atoms with Crippen LogP contribution in [0.2, 0.25) is 0 Å². The van der Waals surface area contributed by atoms with E-state index in [0.717, 1.165) is 24.1 Å². The molecular formula is C22H21F3N6O2S. The minimum Gasteiger partial charge on any atom is -0.323 e. The van der Waals surface area contributed by atoms with Gasteiger partial charge in [-0.25, -0.2) is 0 Å². The first-order valence-electron chi connectivity index (χ1n) is 10.5. The minimum atomic E-state index is -4.56. The van der Waals surface area contributed by atoms with Crippen molar-refractivity contribution in [3.8, 4) is 11.4 Å². The maximum absolute atomic E-state index is 13.3. The van der Waals surface area contributed by atoms with Crippen LogP contribution in [-0.4, -0.2) is 43.4 Å². The fourth-order valence-electron chi connectivity index (χ4n) is 3.61. The molecule has 3 heterocycles.